The number of carboxylic acids is 3. The lowest BCUT2D eigenvalue weighted by atomic mass is 9.85. The van der Waals surface area contributed by atoms with Crippen molar-refractivity contribution in [3.63, 3.8) is 0 Å². The average Bonchev–Trinajstić information content (AvgIpc) is 2.96. The number of aliphatic carboxylic acids is 3. The van der Waals surface area contributed by atoms with Gasteiger partial charge in [-0.2, -0.15) is 0 Å². The first-order valence-electron chi connectivity index (χ1n) is 17.9. The van der Waals surface area contributed by atoms with Crippen molar-refractivity contribution in [3.05, 3.63) is 0 Å². The van der Waals surface area contributed by atoms with Gasteiger partial charge in [0.2, 0.25) is 0 Å². The highest BCUT2D eigenvalue weighted by Gasteiger charge is 2.21. The Labute approximate surface area is 274 Å². The van der Waals surface area contributed by atoms with Crippen LogP contribution in [0, 0.1) is 11.3 Å². The molecule has 0 spiro atoms. The number of hydrogen-bond acceptors (Lipinski definition) is 5. The molecular weight excluding hydrogens is 572 g/mol. The summed E-state index contributed by atoms with van der Waals surface area (Å²) in [6, 6.07) is 0.536. The number of hydrogen-bond donors (Lipinski definition) is 6. The van der Waals surface area contributed by atoms with Gasteiger partial charge in [0.25, 0.3) is 17.9 Å². The molecule has 0 aromatic heterocycles. The predicted octanol–water partition coefficient (Wildman–Crippen LogP) is 8.03. The summed E-state index contributed by atoms with van der Waals surface area (Å²) >= 11 is 0. The van der Waals surface area contributed by atoms with Crippen molar-refractivity contribution in [2.45, 2.75) is 174 Å². The summed E-state index contributed by atoms with van der Waals surface area (Å²) in [6.07, 6.45) is 31.9. The molecule has 0 radical (unpaired) electrons. The second-order valence-electron chi connectivity index (χ2n) is 12.7. The number of nitrogens with one attached hydrogen (secondary N) is 2. The number of unbranched alkanes of at least 4 members (excludes halogenated alkanes) is 10. The zero-order valence-electron chi connectivity index (χ0n) is 29.1. The molecule has 0 heterocycles. The van der Waals surface area contributed by atoms with Crippen LogP contribution in [0.2, 0.25) is 0 Å². The van der Waals surface area contributed by atoms with Crippen LogP contribution < -0.4 is 11.1 Å². The molecule has 45 heavy (non-hydrogen) atoms. The molecule has 0 saturated heterocycles. The third kappa shape index (κ3) is 37.7. The zero-order chi connectivity index (χ0) is 34.1. The van der Waals surface area contributed by atoms with Crippen LogP contribution in [0.25, 0.3) is 0 Å². The number of carbonyl (C=O) groups is 3. The number of nitrogens with two attached hydrogens (primary N) is 1. The van der Waals surface area contributed by atoms with Crippen LogP contribution in [0.3, 0.4) is 0 Å². The Morgan fingerprint density at radius 3 is 1.40 bits per heavy atom. The van der Waals surface area contributed by atoms with Crippen LogP contribution in [0.4, 0.5) is 0 Å². The third-order valence-electron chi connectivity index (χ3n) is 8.27. The van der Waals surface area contributed by atoms with E-state index in [2.05, 4.69) is 10.2 Å². The Kier molecular flexibility index (Phi) is 32.8. The first-order chi connectivity index (χ1) is 21.5. The molecule has 7 N–H and O–H groups in total. The van der Waals surface area contributed by atoms with Gasteiger partial charge < -0.3 is 31.3 Å². The lowest BCUT2D eigenvalue weighted by Crippen LogP contribution is -2.45. The average molecular weight is 643 g/mol. The summed E-state index contributed by atoms with van der Waals surface area (Å²) < 4.78 is 0. The highest BCUT2D eigenvalue weighted by Crippen LogP contribution is 2.28. The van der Waals surface area contributed by atoms with Crippen molar-refractivity contribution >= 4 is 23.9 Å². The lowest BCUT2D eigenvalue weighted by Gasteiger charge is -2.34. The second kappa shape index (κ2) is 33.0. The van der Waals surface area contributed by atoms with E-state index in [1.165, 1.54) is 161 Å². The standard InChI is InChI=1S/C29H58N4.3C2H4O2/c30-29(31)33(28-22-14-10-15-23-28)26-18-8-4-3-7-17-25-32-24-16-6-2-1-5-11-19-27-20-12-9-13-21-27;3*1-2(3)4/h27-28,32H,1-26H2,(H3,30,31);3*1H3,(H,3,4). The number of carboxylic acid groups (broad SMARTS) is 3. The summed E-state index contributed by atoms with van der Waals surface area (Å²) in [5.74, 6) is -1.13. The predicted molar refractivity (Wildman–Crippen MR) is 185 cm³/mol. The number of rotatable bonds is 19. The molecule has 2 rings (SSSR count). The molecule has 0 atom stereocenters. The molecule has 0 unspecified atom stereocenters. The second-order valence-corrected chi connectivity index (χ2v) is 12.7. The Morgan fingerprint density at radius 2 is 0.978 bits per heavy atom. The largest absolute Gasteiger partial charge is 0.481 e. The number of guanidine groups is 1. The summed E-state index contributed by atoms with van der Waals surface area (Å²) in [4.78, 5) is 29.2. The van der Waals surface area contributed by atoms with Crippen molar-refractivity contribution in [1.29, 1.82) is 5.41 Å². The Morgan fingerprint density at radius 1 is 0.622 bits per heavy atom. The highest BCUT2D eigenvalue weighted by molar-refractivity contribution is 5.74. The fourth-order valence-electron chi connectivity index (χ4n) is 6.12. The molecule has 0 bridgehead atoms. The summed E-state index contributed by atoms with van der Waals surface area (Å²) in [7, 11) is 0. The maximum atomic E-state index is 9.00. The van der Waals surface area contributed by atoms with Gasteiger partial charge in [0.1, 0.15) is 0 Å². The Bertz CT molecular complexity index is 684. The van der Waals surface area contributed by atoms with E-state index in [0.717, 1.165) is 33.2 Å². The summed E-state index contributed by atoms with van der Waals surface area (Å²) in [5, 5.41) is 33.8. The van der Waals surface area contributed by atoms with E-state index in [1.807, 2.05) is 0 Å². The molecule has 0 aromatic rings. The summed E-state index contributed by atoms with van der Waals surface area (Å²) in [6.45, 7) is 6.65. The maximum Gasteiger partial charge on any atom is 0.300 e. The van der Waals surface area contributed by atoms with E-state index in [1.54, 1.807) is 0 Å². The molecule has 2 fully saturated rings. The first kappa shape index (κ1) is 44.8. The van der Waals surface area contributed by atoms with Gasteiger partial charge in [-0.25, -0.2) is 0 Å². The first-order valence-corrected chi connectivity index (χ1v) is 17.9. The molecule has 2 saturated carbocycles. The molecule has 2 aliphatic rings. The molecule has 0 aliphatic heterocycles. The van der Waals surface area contributed by atoms with E-state index < -0.39 is 17.9 Å². The van der Waals surface area contributed by atoms with Crippen LogP contribution in [-0.2, 0) is 14.4 Å². The smallest absolute Gasteiger partial charge is 0.300 e. The topological polar surface area (TPSA) is 177 Å². The van der Waals surface area contributed by atoms with Gasteiger partial charge in [0.15, 0.2) is 5.96 Å². The normalized spacial score (nSPS) is 14.8. The van der Waals surface area contributed by atoms with Crippen LogP contribution in [0.1, 0.15) is 168 Å². The molecule has 0 aromatic carbocycles. The molecule has 10 heteroatoms. The molecular formula is C35H70N4O6. The monoisotopic (exact) mass is 643 g/mol. The minimum absolute atomic E-state index is 0.294. The van der Waals surface area contributed by atoms with Gasteiger partial charge in [-0.1, -0.05) is 116 Å². The van der Waals surface area contributed by atoms with E-state index in [9.17, 15) is 0 Å². The van der Waals surface area contributed by atoms with E-state index in [-0.39, 0.29) is 0 Å². The molecule has 10 nitrogen and oxygen atoms in total. The maximum absolute atomic E-state index is 9.00. The van der Waals surface area contributed by atoms with Gasteiger partial charge in [-0.3, -0.25) is 19.8 Å². The molecule has 266 valence electrons. The van der Waals surface area contributed by atoms with Crippen LogP contribution in [-0.4, -0.2) is 69.8 Å². The minimum Gasteiger partial charge on any atom is -0.481 e. The summed E-state index contributed by atoms with van der Waals surface area (Å²) in [5.41, 5.74) is 5.86. The van der Waals surface area contributed by atoms with Gasteiger partial charge in [-0.05, 0) is 51.1 Å². The van der Waals surface area contributed by atoms with Crippen molar-refractivity contribution in [3.8, 4) is 0 Å². The SMILES string of the molecule is CC(=O)O.CC(=O)O.CC(=O)O.N=C(N)N(CCCCCCCCNCCCCCCCCC1CCCCC1)C1CCCCC1. The van der Waals surface area contributed by atoms with E-state index in [0.29, 0.717) is 12.0 Å². The van der Waals surface area contributed by atoms with Crippen LogP contribution in [0.15, 0.2) is 0 Å². The molecule has 0 amide bonds. The van der Waals surface area contributed by atoms with Crippen molar-refractivity contribution in [2.24, 2.45) is 11.7 Å². The van der Waals surface area contributed by atoms with Crippen molar-refractivity contribution in [1.82, 2.24) is 10.2 Å². The quantitative estimate of drug-likeness (QED) is 0.0462. The Hall–Kier alpha value is -2.36. The van der Waals surface area contributed by atoms with Gasteiger partial charge in [0.05, 0.1) is 0 Å². The third-order valence-corrected chi connectivity index (χ3v) is 8.27. The highest BCUT2D eigenvalue weighted by atomic mass is 16.4. The minimum atomic E-state index is -0.833. The lowest BCUT2D eigenvalue weighted by molar-refractivity contribution is -0.135. The van der Waals surface area contributed by atoms with Gasteiger partial charge in [-0.15, -0.1) is 0 Å². The van der Waals surface area contributed by atoms with Crippen molar-refractivity contribution < 1.29 is 29.7 Å². The fraction of sp³-hybridized carbons (Fsp3) is 0.886. The van der Waals surface area contributed by atoms with Crippen LogP contribution >= 0.6 is 0 Å². The fourth-order valence-corrected chi connectivity index (χ4v) is 6.12. The molecule has 2 aliphatic carbocycles. The number of nitrogens with zero attached hydrogens (tertiary/aromatic N) is 1. The van der Waals surface area contributed by atoms with E-state index >= 15 is 0 Å². The van der Waals surface area contributed by atoms with Gasteiger partial charge in [0, 0.05) is 33.4 Å². The Balaban J connectivity index is 0. The zero-order valence-corrected chi connectivity index (χ0v) is 29.1. The van der Waals surface area contributed by atoms with Crippen molar-refractivity contribution in [2.75, 3.05) is 19.6 Å². The van der Waals surface area contributed by atoms with Gasteiger partial charge >= 0.3 is 0 Å². The van der Waals surface area contributed by atoms with E-state index in [4.69, 9.17) is 40.8 Å². The van der Waals surface area contributed by atoms with Crippen LogP contribution in [0.5, 0.6) is 0 Å².